The summed E-state index contributed by atoms with van der Waals surface area (Å²) in [6.45, 7) is 1.33. The number of carbonyl (C=O) groups is 1. The van der Waals surface area contributed by atoms with E-state index in [1.165, 1.54) is 33.5 Å². The maximum absolute atomic E-state index is 13.7. The number of amides is 1. The van der Waals surface area contributed by atoms with Crippen LogP contribution in [0.15, 0.2) is 71.6 Å². The summed E-state index contributed by atoms with van der Waals surface area (Å²) >= 11 is 0. The van der Waals surface area contributed by atoms with Gasteiger partial charge >= 0.3 is 0 Å². The van der Waals surface area contributed by atoms with Gasteiger partial charge in [-0.3, -0.25) is 9.10 Å². The van der Waals surface area contributed by atoms with Crippen molar-refractivity contribution >= 4 is 21.6 Å². The number of rotatable bonds is 11. The van der Waals surface area contributed by atoms with Gasteiger partial charge in [0, 0.05) is 0 Å². The van der Waals surface area contributed by atoms with Crippen LogP contribution in [0.4, 0.5) is 5.69 Å². The predicted molar refractivity (Wildman–Crippen MR) is 137 cm³/mol. The van der Waals surface area contributed by atoms with Gasteiger partial charge in [0.25, 0.3) is 10.0 Å². The molecule has 0 spiro atoms. The van der Waals surface area contributed by atoms with Crippen molar-refractivity contribution in [2.45, 2.75) is 17.9 Å². The summed E-state index contributed by atoms with van der Waals surface area (Å²) in [4.78, 5) is 13.1. The predicted octanol–water partition coefficient (Wildman–Crippen LogP) is 3.79. The lowest BCUT2D eigenvalue weighted by Gasteiger charge is -2.26. The number of nitrogens with zero attached hydrogens (tertiary/aromatic N) is 1. The molecule has 0 aliphatic heterocycles. The molecule has 1 atom stereocenters. The van der Waals surface area contributed by atoms with Crippen LogP contribution in [0.25, 0.3) is 0 Å². The van der Waals surface area contributed by atoms with Crippen LogP contribution in [-0.4, -0.2) is 49.3 Å². The van der Waals surface area contributed by atoms with Crippen molar-refractivity contribution < 1.29 is 32.2 Å². The average molecular weight is 515 g/mol. The number of para-hydroxylation sites is 2. The Labute approximate surface area is 211 Å². The lowest BCUT2D eigenvalue weighted by molar-refractivity contribution is -0.120. The van der Waals surface area contributed by atoms with Crippen LogP contribution in [-0.2, 0) is 14.8 Å². The van der Waals surface area contributed by atoms with E-state index < -0.39 is 28.5 Å². The molecule has 36 heavy (non-hydrogen) atoms. The van der Waals surface area contributed by atoms with E-state index in [-0.39, 0.29) is 10.6 Å². The molecule has 10 heteroatoms. The number of methoxy groups -OCH3 is 4. The number of carbonyl (C=O) groups excluding carboxylic acids is 1. The topological polar surface area (TPSA) is 103 Å². The highest BCUT2D eigenvalue weighted by Gasteiger charge is 2.30. The molecule has 1 N–H and O–H groups in total. The summed E-state index contributed by atoms with van der Waals surface area (Å²) in [5, 5.41) is 2.86. The normalized spacial score (nSPS) is 11.8. The smallest absolute Gasteiger partial charge is 0.264 e. The lowest BCUT2D eigenvalue weighted by atomic mass is 10.1. The molecule has 0 heterocycles. The number of ether oxygens (including phenoxy) is 4. The Hall–Kier alpha value is -3.92. The van der Waals surface area contributed by atoms with E-state index in [2.05, 4.69) is 5.32 Å². The van der Waals surface area contributed by atoms with Gasteiger partial charge in [-0.05, 0) is 61.0 Å². The molecule has 192 valence electrons. The van der Waals surface area contributed by atoms with E-state index in [1.807, 2.05) is 0 Å². The quantitative estimate of drug-likeness (QED) is 0.415. The second-order valence-electron chi connectivity index (χ2n) is 7.76. The molecule has 3 aromatic carbocycles. The van der Waals surface area contributed by atoms with Crippen LogP contribution in [0.1, 0.15) is 18.5 Å². The summed E-state index contributed by atoms with van der Waals surface area (Å²) < 4.78 is 49.5. The second kappa shape index (κ2) is 11.7. The van der Waals surface area contributed by atoms with Crippen LogP contribution in [0, 0.1) is 0 Å². The van der Waals surface area contributed by atoms with Crippen LogP contribution in [0.3, 0.4) is 0 Å². The van der Waals surface area contributed by atoms with Gasteiger partial charge in [-0.1, -0.05) is 18.2 Å². The molecule has 3 rings (SSSR count). The SMILES string of the molecule is COc1ccc(S(=O)(=O)N(CC(=O)NC(C)c2ccc(OC)c(OC)c2)c2ccccc2OC)cc1. The molecule has 0 bridgehead atoms. The molecular formula is C26H30N2O7S. The van der Waals surface area contributed by atoms with Crippen molar-refractivity contribution in [1.29, 1.82) is 0 Å². The summed E-state index contributed by atoms with van der Waals surface area (Å²) in [5.41, 5.74) is 1.01. The molecule has 0 aromatic heterocycles. The highest BCUT2D eigenvalue weighted by Crippen LogP contribution is 2.33. The molecule has 0 fully saturated rings. The molecule has 0 aliphatic rings. The van der Waals surface area contributed by atoms with E-state index >= 15 is 0 Å². The molecular weight excluding hydrogens is 484 g/mol. The van der Waals surface area contributed by atoms with Crippen LogP contribution in [0.5, 0.6) is 23.0 Å². The number of hydrogen-bond donors (Lipinski definition) is 1. The molecule has 1 unspecified atom stereocenters. The first-order valence-corrected chi connectivity index (χ1v) is 12.5. The molecule has 0 saturated heterocycles. The largest absolute Gasteiger partial charge is 0.497 e. The Kier molecular flexibility index (Phi) is 8.65. The summed E-state index contributed by atoms with van der Waals surface area (Å²) in [7, 11) is 1.88. The number of sulfonamides is 1. The van der Waals surface area contributed by atoms with E-state index in [0.717, 1.165) is 9.87 Å². The van der Waals surface area contributed by atoms with Gasteiger partial charge in [-0.2, -0.15) is 0 Å². The lowest BCUT2D eigenvalue weighted by Crippen LogP contribution is -2.41. The van der Waals surface area contributed by atoms with Gasteiger partial charge in [-0.15, -0.1) is 0 Å². The van der Waals surface area contributed by atoms with Crippen molar-refractivity contribution in [3.05, 3.63) is 72.3 Å². The Bertz CT molecular complexity index is 1290. The Morgan fingerprint density at radius 2 is 1.47 bits per heavy atom. The van der Waals surface area contributed by atoms with Gasteiger partial charge in [0.05, 0.1) is 45.1 Å². The Morgan fingerprint density at radius 1 is 0.833 bits per heavy atom. The molecule has 0 saturated carbocycles. The van der Waals surface area contributed by atoms with Crippen molar-refractivity contribution in [3.8, 4) is 23.0 Å². The standard InChI is InChI=1S/C26H30N2O7S/c1-18(19-10-15-24(34-4)25(16-19)35-5)27-26(29)17-28(22-8-6-7-9-23(22)33-3)36(30,31)21-13-11-20(32-2)12-14-21/h6-16,18H,17H2,1-5H3,(H,27,29). The van der Waals surface area contributed by atoms with E-state index in [9.17, 15) is 13.2 Å². The van der Waals surface area contributed by atoms with Gasteiger partial charge in [0.15, 0.2) is 11.5 Å². The molecule has 9 nitrogen and oxygen atoms in total. The fraction of sp³-hybridized carbons (Fsp3) is 0.269. The number of benzene rings is 3. The first kappa shape index (κ1) is 26.7. The van der Waals surface area contributed by atoms with Gasteiger partial charge in [-0.25, -0.2) is 8.42 Å². The number of nitrogens with one attached hydrogen (secondary N) is 1. The van der Waals surface area contributed by atoms with Crippen molar-refractivity contribution in [2.75, 3.05) is 39.3 Å². The van der Waals surface area contributed by atoms with Gasteiger partial charge in [0.1, 0.15) is 18.0 Å². The van der Waals surface area contributed by atoms with Crippen LogP contribution < -0.4 is 28.6 Å². The fourth-order valence-electron chi connectivity index (χ4n) is 3.63. The van der Waals surface area contributed by atoms with Crippen molar-refractivity contribution in [1.82, 2.24) is 5.32 Å². The molecule has 0 aliphatic carbocycles. The zero-order chi connectivity index (χ0) is 26.3. The molecule has 1 amide bonds. The minimum absolute atomic E-state index is 0.00921. The van der Waals surface area contributed by atoms with Crippen LogP contribution in [0.2, 0.25) is 0 Å². The third kappa shape index (κ3) is 5.83. The summed E-state index contributed by atoms with van der Waals surface area (Å²) in [6, 6.07) is 17.5. The maximum Gasteiger partial charge on any atom is 0.264 e. The van der Waals surface area contributed by atoms with E-state index in [1.54, 1.807) is 68.6 Å². The van der Waals surface area contributed by atoms with Crippen LogP contribution >= 0.6 is 0 Å². The highest BCUT2D eigenvalue weighted by molar-refractivity contribution is 7.92. The first-order valence-electron chi connectivity index (χ1n) is 11.1. The fourth-order valence-corrected chi connectivity index (χ4v) is 5.06. The molecule has 3 aromatic rings. The van der Waals surface area contributed by atoms with Gasteiger partial charge < -0.3 is 24.3 Å². The molecule has 0 radical (unpaired) electrons. The number of hydrogen-bond acceptors (Lipinski definition) is 7. The van der Waals surface area contributed by atoms with E-state index in [4.69, 9.17) is 18.9 Å². The van der Waals surface area contributed by atoms with E-state index in [0.29, 0.717) is 23.0 Å². The van der Waals surface area contributed by atoms with Crippen molar-refractivity contribution in [2.24, 2.45) is 0 Å². The summed E-state index contributed by atoms with van der Waals surface area (Å²) in [5.74, 6) is 1.41. The Balaban J connectivity index is 1.92. The Morgan fingerprint density at radius 3 is 2.08 bits per heavy atom. The zero-order valence-electron chi connectivity index (χ0n) is 20.8. The second-order valence-corrected chi connectivity index (χ2v) is 9.62. The first-order chi connectivity index (χ1) is 17.2. The third-order valence-corrected chi connectivity index (χ3v) is 7.35. The zero-order valence-corrected chi connectivity index (χ0v) is 21.7. The van der Waals surface area contributed by atoms with Gasteiger partial charge in [0.2, 0.25) is 5.91 Å². The third-order valence-electron chi connectivity index (χ3n) is 5.57. The minimum Gasteiger partial charge on any atom is -0.497 e. The monoisotopic (exact) mass is 514 g/mol. The van der Waals surface area contributed by atoms with Crippen molar-refractivity contribution in [3.63, 3.8) is 0 Å². The number of anilines is 1. The highest BCUT2D eigenvalue weighted by atomic mass is 32.2. The summed E-state index contributed by atoms with van der Waals surface area (Å²) in [6.07, 6.45) is 0. The maximum atomic E-state index is 13.7. The minimum atomic E-state index is -4.13. The average Bonchev–Trinajstić information content (AvgIpc) is 2.91.